The molecule has 4 N–H and O–H groups in total. The summed E-state index contributed by atoms with van der Waals surface area (Å²) in [6, 6.07) is 9.32. The number of rotatable bonds is 6. The van der Waals surface area contributed by atoms with Gasteiger partial charge in [0.15, 0.2) is 0 Å². The molecule has 0 aliphatic heterocycles. The summed E-state index contributed by atoms with van der Waals surface area (Å²) < 4.78 is 7.50. The van der Waals surface area contributed by atoms with Crippen LogP contribution < -0.4 is 15.8 Å². The van der Waals surface area contributed by atoms with Gasteiger partial charge in [-0.25, -0.2) is 4.98 Å². The number of carbonyl (C=O) groups excluding carboxylic acids is 2. The van der Waals surface area contributed by atoms with E-state index >= 15 is 0 Å². The van der Waals surface area contributed by atoms with Crippen molar-refractivity contribution in [2.75, 3.05) is 12.4 Å². The molecule has 10 heteroatoms. The highest BCUT2D eigenvalue weighted by Crippen LogP contribution is 2.29. The van der Waals surface area contributed by atoms with Crippen molar-refractivity contribution in [3.8, 4) is 5.75 Å². The van der Waals surface area contributed by atoms with Gasteiger partial charge < -0.3 is 20.8 Å². The second-order valence-electron chi connectivity index (χ2n) is 6.52. The Bertz CT molecular complexity index is 1250. The Morgan fingerprint density at radius 1 is 1.27 bits per heavy atom. The topological polar surface area (TPSA) is 128 Å². The van der Waals surface area contributed by atoms with Crippen LogP contribution in [0.2, 0.25) is 0 Å². The number of H-pyrrole nitrogens is 1. The summed E-state index contributed by atoms with van der Waals surface area (Å²) in [6.07, 6.45) is 4.68. The third kappa shape index (κ3) is 3.90. The molecule has 0 unspecified atom stereocenters. The molecule has 0 saturated carbocycles. The van der Waals surface area contributed by atoms with E-state index in [0.717, 1.165) is 11.3 Å². The number of anilines is 1. The molecule has 9 nitrogen and oxygen atoms in total. The first-order chi connectivity index (χ1) is 14.4. The van der Waals surface area contributed by atoms with Gasteiger partial charge in [-0.15, -0.1) is 0 Å². The van der Waals surface area contributed by atoms with Crippen molar-refractivity contribution in [1.82, 2.24) is 19.7 Å². The maximum absolute atomic E-state index is 12.8. The summed E-state index contributed by atoms with van der Waals surface area (Å²) in [5.74, 6) is -0.349. The molecule has 4 rings (SSSR count). The zero-order chi connectivity index (χ0) is 21.3. The van der Waals surface area contributed by atoms with E-state index in [4.69, 9.17) is 10.5 Å². The van der Waals surface area contributed by atoms with Gasteiger partial charge in [-0.3, -0.25) is 14.3 Å². The molecule has 0 spiro atoms. The first-order valence-electron chi connectivity index (χ1n) is 8.88. The molecule has 2 amide bonds. The van der Waals surface area contributed by atoms with Crippen LogP contribution in [0.5, 0.6) is 5.75 Å². The fraction of sp³-hybridized carbons (Fsp3) is 0.100. The van der Waals surface area contributed by atoms with Crippen LogP contribution in [-0.4, -0.2) is 38.7 Å². The molecular formula is C20H17BrN6O3. The maximum Gasteiger partial charge on any atom is 0.267 e. The summed E-state index contributed by atoms with van der Waals surface area (Å²) in [4.78, 5) is 31.7. The number of halogens is 1. The van der Waals surface area contributed by atoms with Crippen LogP contribution in [0.15, 0.2) is 53.4 Å². The minimum absolute atomic E-state index is 0.0783. The van der Waals surface area contributed by atoms with E-state index in [1.807, 2.05) is 24.3 Å². The number of nitrogens with two attached hydrogens (primary N) is 1. The van der Waals surface area contributed by atoms with Gasteiger partial charge in [0.2, 0.25) is 0 Å². The van der Waals surface area contributed by atoms with E-state index < -0.39 is 11.8 Å². The number of hydrogen-bond acceptors (Lipinski definition) is 5. The average Bonchev–Trinajstić information content (AvgIpc) is 3.34. The number of aromatic amines is 1. The van der Waals surface area contributed by atoms with Gasteiger partial charge >= 0.3 is 0 Å². The molecular weight excluding hydrogens is 452 g/mol. The fourth-order valence-corrected chi connectivity index (χ4v) is 3.36. The number of ether oxygens (including phenoxy) is 1. The van der Waals surface area contributed by atoms with Gasteiger partial charge in [-0.2, -0.15) is 5.10 Å². The van der Waals surface area contributed by atoms with E-state index in [9.17, 15) is 9.59 Å². The number of hydrogen-bond donors (Lipinski definition) is 3. The molecule has 152 valence electrons. The Balaban J connectivity index is 1.57. The van der Waals surface area contributed by atoms with Crippen molar-refractivity contribution < 1.29 is 14.3 Å². The highest BCUT2D eigenvalue weighted by atomic mass is 79.9. The summed E-state index contributed by atoms with van der Waals surface area (Å²) >= 11 is 3.34. The van der Waals surface area contributed by atoms with Gasteiger partial charge in [0, 0.05) is 22.3 Å². The molecule has 3 heterocycles. The number of fused-ring (bicyclic) bond motifs is 1. The van der Waals surface area contributed by atoms with Crippen molar-refractivity contribution in [1.29, 1.82) is 0 Å². The van der Waals surface area contributed by atoms with Crippen molar-refractivity contribution in [3.63, 3.8) is 0 Å². The molecule has 0 saturated heterocycles. The zero-order valence-electron chi connectivity index (χ0n) is 15.8. The quantitative estimate of drug-likeness (QED) is 0.400. The number of amides is 2. The first kappa shape index (κ1) is 19.6. The van der Waals surface area contributed by atoms with E-state index in [1.165, 1.54) is 6.20 Å². The smallest absolute Gasteiger partial charge is 0.267 e. The standard InChI is InChI=1S/C20H17BrN6O3/c1-30-14-4-2-11(3-5-14)9-27-10-12(7-24-27)20(29)26-16-15-6-13(21)8-23-19(15)25-17(16)18(22)28/h2-8,10H,9H2,1H3,(H2,22,28)(H,23,25)(H,26,29). The molecule has 0 fully saturated rings. The second kappa shape index (κ2) is 7.99. The molecule has 30 heavy (non-hydrogen) atoms. The summed E-state index contributed by atoms with van der Waals surface area (Å²) in [5, 5.41) is 7.56. The van der Waals surface area contributed by atoms with E-state index in [1.54, 1.807) is 30.3 Å². The molecule has 0 radical (unpaired) electrons. The minimum atomic E-state index is -0.699. The largest absolute Gasteiger partial charge is 0.497 e. The van der Waals surface area contributed by atoms with Gasteiger partial charge in [-0.05, 0) is 39.7 Å². The molecule has 4 aromatic rings. The summed E-state index contributed by atoms with van der Waals surface area (Å²) in [7, 11) is 1.61. The number of pyridine rings is 1. The van der Waals surface area contributed by atoms with Crippen LogP contribution in [0, 0.1) is 0 Å². The Kier molecular flexibility index (Phi) is 5.23. The Labute approximate surface area is 179 Å². The monoisotopic (exact) mass is 468 g/mol. The molecule has 3 aromatic heterocycles. The molecule has 0 aliphatic carbocycles. The second-order valence-corrected chi connectivity index (χ2v) is 7.43. The van der Waals surface area contributed by atoms with E-state index in [0.29, 0.717) is 27.6 Å². The Morgan fingerprint density at radius 3 is 2.73 bits per heavy atom. The zero-order valence-corrected chi connectivity index (χ0v) is 17.4. The third-order valence-corrected chi connectivity index (χ3v) is 4.93. The number of methoxy groups -OCH3 is 1. The van der Waals surface area contributed by atoms with E-state index in [-0.39, 0.29) is 11.4 Å². The van der Waals surface area contributed by atoms with Crippen LogP contribution in [0.25, 0.3) is 11.0 Å². The number of primary amides is 1. The third-order valence-electron chi connectivity index (χ3n) is 4.50. The van der Waals surface area contributed by atoms with Crippen LogP contribution in [-0.2, 0) is 6.54 Å². The summed E-state index contributed by atoms with van der Waals surface area (Å²) in [5.41, 5.74) is 7.61. The highest BCUT2D eigenvalue weighted by Gasteiger charge is 2.20. The SMILES string of the molecule is COc1ccc(Cn2cc(C(=O)Nc3c(C(N)=O)[nH]c4ncc(Br)cc34)cn2)cc1. The van der Waals surface area contributed by atoms with Crippen LogP contribution >= 0.6 is 15.9 Å². The number of carbonyl (C=O) groups is 2. The number of benzene rings is 1. The fourth-order valence-electron chi connectivity index (χ4n) is 3.03. The number of nitrogens with zero attached hydrogens (tertiary/aromatic N) is 3. The molecule has 1 aromatic carbocycles. The average molecular weight is 469 g/mol. The molecule has 0 aliphatic rings. The van der Waals surface area contributed by atoms with Crippen molar-refractivity contribution >= 4 is 44.5 Å². The van der Waals surface area contributed by atoms with Gasteiger partial charge in [0.25, 0.3) is 11.8 Å². The van der Waals surface area contributed by atoms with Crippen molar-refractivity contribution in [2.24, 2.45) is 5.73 Å². The van der Waals surface area contributed by atoms with Gasteiger partial charge in [0.05, 0.1) is 31.1 Å². The van der Waals surface area contributed by atoms with Crippen LogP contribution in [0.3, 0.4) is 0 Å². The summed E-state index contributed by atoms with van der Waals surface area (Å²) in [6.45, 7) is 0.494. The van der Waals surface area contributed by atoms with Crippen LogP contribution in [0.1, 0.15) is 26.4 Å². The lowest BCUT2D eigenvalue weighted by molar-refractivity contribution is 0.0997. The maximum atomic E-state index is 12.8. The predicted octanol–water partition coefficient (Wildman–Crippen LogP) is 2.93. The van der Waals surface area contributed by atoms with Crippen LogP contribution in [0.4, 0.5) is 5.69 Å². The number of nitrogens with one attached hydrogen (secondary N) is 2. The first-order valence-corrected chi connectivity index (χ1v) is 9.67. The van der Waals surface area contributed by atoms with Crippen molar-refractivity contribution in [3.05, 3.63) is 70.2 Å². The predicted molar refractivity (Wildman–Crippen MR) is 115 cm³/mol. The molecule has 0 atom stereocenters. The normalized spacial score (nSPS) is 10.9. The van der Waals surface area contributed by atoms with E-state index in [2.05, 4.69) is 36.3 Å². The number of aromatic nitrogens is 4. The lowest BCUT2D eigenvalue weighted by Gasteiger charge is -2.05. The van der Waals surface area contributed by atoms with Gasteiger partial charge in [-0.1, -0.05) is 12.1 Å². The van der Waals surface area contributed by atoms with Crippen molar-refractivity contribution in [2.45, 2.75) is 6.54 Å². The lowest BCUT2D eigenvalue weighted by atomic mass is 10.2. The molecule has 0 bridgehead atoms. The Hall–Kier alpha value is -3.66. The lowest BCUT2D eigenvalue weighted by Crippen LogP contribution is -2.17. The highest BCUT2D eigenvalue weighted by molar-refractivity contribution is 9.10. The minimum Gasteiger partial charge on any atom is -0.497 e. The van der Waals surface area contributed by atoms with Gasteiger partial charge in [0.1, 0.15) is 17.1 Å². The Morgan fingerprint density at radius 2 is 2.03 bits per heavy atom.